The predicted molar refractivity (Wildman–Crippen MR) is 62.9 cm³/mol. The summed E-state index contributed by atoms with van der Waals surface area (Å²) in [6, 6.07) is 1.21. The van der Waals surface area contributed by atoms with Crippen molar-refractivity contribution in [1.82, 2.24) is 0 Å². The quantitative estimate of drug-likeness (QED) is 0.763. The Morgan fingerprint density at radius 3 is 2.33 bits per heavy atom. The number of rotatable bonds is 3. The number of carbonyl (C=O) groups excluding carboxylic acids is 1. The molecule has 7 nitrogen and oxygen atoms in total. The first-order chi connectivity index (χ1) is 8.00. The normalized spacial score (nSPS) is 14.3. The zero-order chi connectivity index (χ0) is 14.1. The summed E-state index contributed by atoms with van der Waals surface area (Å²) in [4.78, 5) is 11.6. The first-order valence-electron chi connectivity index (χ1n) is 5.12. The van der Waals surface area contributed by atoms with E-state index < -0.39 is 32.7 Å². The highest BCUT2D eigenvalue weighted by Gasteiger charge is 2.27. The Kier molecular flexibility index (Phi) is 3.84. The van der Waals surface area contributed by atoms with E-state index >= 15 is 0 Å². The van der Waals surface area contributed by atoms with Gasteiger partial charge in [-0.15, -0.1) is 0 Å². The second-order valence-electron chi connectivity index (χ2n) is 4.71. The molecule has 0 radical (unpaired) electrons. The van der Waals surface area contributed by atoms with Crippen molar-refractivity contribution in [3.63, 3.8) is 0 Å². The SMILES string of the molecule is CC(C)(C)OC(=O)C(N)c1ccc(S(N)(=O)=O)o1. The highest BCUT2D eigenvalue weighted by Crippen LogP contribution is 2.20. The summed E-state index contributed by atoms with van der Waals surface area (Å²) in [5.41, 5.74) is 4.91. The fourth-order valence-corrected chi connectivity index (χ4v) is 1.61. The fourth-order valence-electron chi connectivity index (χ4n) is 1.14. The van der Waals surface area contributed by atoms with Crippen molar-refractivity contribution in [3.8, 4) is 0 Å². The van der Waals surface area contributed by atoms with Gasteiger partial charge in [0, 0.05) is 0 Å². The van der Waals surface area contributed by atoms with Gasteiger partial charge in [-0.05, 0) is 32.9 Å². The zero-order valence-electron chi connectivity index (χ0n) is 10.3. The molecule has 1 aromatic rings. The maximum atomic E-state index is 11.6. The minimum absolute atomic E-state index is 0.0201. The molecule has 0 aliphatic heterocycles. The van der Waals surface area contributed by atoms with Crippen molar-refractivity contribution in [1.29, 1.82) is 0 Å². The van der Waals surface area contributed by atoms with Crippen LogP contribution in [-0.2, 0) is 19.6 Å². The Morgan fingerprint density at radius 2 is 1.94 bits per heavy atom. The summed E-state index contributed by atoms with van der Waals surface area (Å²) >= 11 is 0. The number of furan rings is 1. The van der Waals surface area contributed by atoms with Crippen molar-refractivity contribution >= 4 is 16.0 Å². The second kappa shape index (κ2) is 4.71. The number of primary sulfonamides is 1. The molecule has 0 bridgehead atoms. The van der Waals surface area contributed by atoms with Crippen LogP contribution in [0.3, 0.4) is 0 Å². The van der Waals surface area contributed by atoms with Crippen molar-refractivity contribution in [2.75, 3.05) is 0 Å². The van der Waals surface area contributed by atoms with Gasteiger partial charge in [0.15, 0.2) is 6.04 Å². The molecule has 0 aliphatic carbocycles. The highest BCUT2D eigenvalue weighted by atomic mass is 32.2. The van der Waals surface area contributed by atoms with Gasteiger partial charge in [0.25, 0.3) is 10.0 Å². The average molecular weight is 276 g/mol. The van der Waals surface area contributed by atoms with E-state index in [0.717, 1.165) is 6.07 Å². The molecule has 1 unspecified atom stereocenters. The Bertz CT molecular complexity index is 541. The Balaban J connectivity index is 2.89. The van der Waals surface area contributed by atoms with E-state index in [-0.39, 0.29) is 5.76 Å². The highest BCUT2D eigenvalue weighted by molar-refractivity contribution is 7.89. The number of esters is 1. The van der Waals surface area contributed by atoms with E-state index in [9.17, 15) is 13.2 Å². The van der Waals surface area contributed by atoms with E-state index in [4.69, 9.17) is 20.0 Å². The monoisotopic (exact) mass is 276 g/mol. The second-order valence-corrected chi connectivity index (χ2v) is 6.21. The molecule has 102 valence electrons. The average Bonchev–Trinajstić information content (AvgIpc) is 2.61. The lowest BCUT2D eigenvalue weighted by Gasteiger charge is -2.21. The van der Waals surface area contributed by atoms with Gasteiger partial charge in [-0.2, -0.15) is 0 Å². The molecule has 0 aliphatic rings. The third-order valence-electron chi connectivity index (χ3n) is 1.85. The maximum Gasteiger partial charge on any atom is 0.331 e. The standard InChI is InChI=1S/C10H16N2O5S/c1-10(2,3)17-9(13)8(11)6-4-5-7(16-6)18(12,14)15/h4-5,8H,11H2,1-3H3,(H2,12,14,15). The first-order valence-corrected chi connectivity index (χ1v) is 6.66. The van der Waals surface area contributed by atoms with Crippen LogP contribution >= 0.6 is 0 Å². The van der Waals surface area contributed by atoms with Crippen molar-refractivity contribution in [2.24, 2.45) is 10.9 Å². The van der Waals surface area contributed by atoms with E-state index in [1.54, 1.807) is 20.8 Å². The number of ether oxygens (including phenoxy) is 1. The fraction of sp³-hybridized carbons (Fsp3) is 0.500. The number of sulfonamides is 1. The van der Waals surface area contributed by atoms with Crippen LogP contribution in [0.15, 0.2) is 21.6 Å². The van der Waals surface area contributed by atoms with Crippen LogP contribution in [0.1, 0.15) is 32.6 Å². The molecule has 1 heterocycles. The molecule has 0 spiro atoms. The number of hydrogen-bond acceptors (Lipinski definition) is 6. The van der Waals surface area contributed by atoms with E-state index in [0.29, 0.717) is 0 Å². The first kappa shape index (κ1) is 14.7. The van der Waals surface area contributed by atoms with Crippen LogP contribution in [0.4, 0.5) is 0 Å². The van der Waals surface area contributed by atoms with E-state index in [2.05, 4.69) is 0 Å². The van der Waals surface area contributed by atoms with Crippen LogP contribution < -0.4 is 10.9 Å². The van der Waals surface area contributed by atoms with Gasteiger partial charge >= 0.3 is 5.97 Å². The van der Waals surface area contributed by atoms with Crippen LogP contribution in [0.5, 0.6) is 0 Å². The van der Waals surface area contributed by atoms with Gasteiger partial charge in [0.1, 0.15) is 11.4 Å². The molecule has 0 aromatic carbocycles. The number of carbonyl (C=O) groups is 1. The van der Waals surface area contributed by atoms with Gasteiger partial charge in [0.2, 0.25) is 5.09 Å². The predicted octanol–water partition coefficient (Wildman–Crippen LogP) is 0.269. The molecule has 0 saturated heterocycles. The summed E-state index contributed by atoms with van der Waals surface area (Å²) in [5, 5.41) is 4.42. The van der Waals surface area contributed by atoms with Crippen molar-refractivity contribution < 1.29 is 22.4 Å². The van der Waals surface area contributed by atoms with Gasteiger partial charge in [-0.1, -0.05) is 0 Å². The molecular formula is C10H16N2O5S. The summed E-state index contributed by atoms with van der Waals surface area (Å²) in [5.74, 6) is -0.730. The van der Waals surface area contributed by atoms with Crippen LogP contribution in [0.2, 0.25) is 0 Å². The van der Waals surface area contributed by atoms with E-state index in [1.807, 2.05) is 0 Å². The van der Waals surface area contributed by atoms with Gasteiger partial charge in [-0.25, -0.2) is 18.4 Å². The molecular weight excluding hydrogens is 260 g/mol. The molecule has 18 heavy (non-hydrogen) atoms. The molecule has 8 heteroatoms. The van der Waals surface area contributed by atoms with Gasteiger partial charge in [0.05, 0.1) is 0 Å². The summed E-state index contributed by atoms with van der Waals surface area (Å²) in [7, 11) is -3.95. The molecule has 4 N–H and O–H groups in total. The third-order valence-corrected chi connectivity index (χ3v) is 2.63. The van der Waals surface area contributed by atoms with Crippen molar-refractivity contribution in [2.45, 2.75) is 37.5 Å². The summed E-state index contributed by atoms with van der Waals surface area (Å²) < 4.78 is 31.9. The maximum absolute atomic E-state index is 11.6. The topological polar surface area (TPSA) is 126 Å². The zero-order valence-corrected chi connectivity index (χ0v) is 11.2. The lowest BCUT2D eigenvalue weighted by molar-refractivity contribution is -0.157. The van der Waals surface area contributed by atoms with Crippen LogP contribution in [0.25, 0.3) is 0 Å². The molecule has 0 amide bonds. The van der Waals surface area contributed by atoms with Crippen LogP contribution in [-0.4, -0.2) is 20.0 Å². The van der Waals surface area contributed by atoms with E-state index in [1.165, 1.54) is 6.07 Å². The number of nitrogens with two attached hydrogens (primary N) is 2. The largest absolute Gasteiger partial charge is 0.458 e. The smallest absolute Gasteiger partial charge is 0.331 e. The minimum Gasteiger partial charge on any atom is -0.458 e. The molecule has 1 aromatic heterocycles. The third kappa shape index (κ3) is 3.83. The van der Waals surface area contributed by atoms with Gasteiger partial charge < -0.3 is 14.9 Å². The molecule has 1 atom stereocenters. The van der Waals surface area contributed by atoms with Gasteiger partial charge in [-0.3, -0.25) is 0 Å². The summed E-state index contributed by atoms with van der Waals surface area (Å²) in [6.07, 6.45) is 0. The van der Waals surface area contributed by atoms with Crippen molar-refractivity contribution in [3.05, 3.63) is 17.9 Å². The van der Waals surface area contributed by atoms with Crippen LogP contribution in [0, 0.1) is 0 Å². The lowest BCUT2D eigenvalue weighted by Crippen LogP contribution is -2.31. The summed E-state index contributed by atoms with van der Waals surface area (Å²) in [6.45, 7) is 5.07. The Morgan fingerprint density at radius 1 is 1.39 bits per heavy atom. The molecule has 0 fully saturated rings. The minimum atomic E-state index is -3.95. The number of hydrogen-bond donors (Lipinski definition) is 2. The lowest BCUT2D eigenvalue weighted by atomic mass is 10.2. The molecule has 0 saturated carbocycles. The Hall–Kier alpha value is -1.38. The molecule has 1 rings (SSSR count). The Labute approximate surface area is 105 Å².